The van der Waals surface area contributed by atoms with Crippen molar-refractivity contribution in [3.05, 3.63) is 76.3 Å². The Labute approximate surface area is 112 Å². The minimum Gasteiger partial charge on any atom is -0.193 e. The largest absolute Gasteiger partial charge is 0.193 e. The highest BCUT2D eigenvalue weighted by molar-refractivity contribution is 6.32. The summed E-state index contributed by atoms with van der Waals surface area (Å²) in [6.45, 7) is 0. The molecule has 0 saturated heterocycles. The first-order valence-electron chi connectivity index (χ1n) is 5.69. The van der Waals surface area contributed by atoms with Gasteiger partial charge < -0.3 is 0 Å². The summed E-state index contributed by atoms with van der Waals surface area (Å²) in [6.07, 6.45) is 2.47. The van der Waals surface area contributed by atoms with Crippen LogP contribution in [-0.4, -0.2) is 0 Å². The van der Waals surface area contributed by atoms with Crippen LogP contribution in [0.5, 0.6) is 0 Å². The van der Waals surface area contributed by atoms with E-state index < -0.39 is 0 Å². The molecule has 0 heterocycles. The fourth-order valence-corrected chi connectivity index (χ4v) is 1.91. The first-order valence-corrected chi connectivity index (χ1v) is 6.06. The first kappa shape index (κ1) is 12.4. The maximum absolute atomic E-state index is 9.18. The van der Waals surface area contributed by atoms with Crippen molar-refractivity contribution in [2.45, 2.75) is 6.42 Å². The van der Waals surface area contributed by atoms with Gasteiger partial charge in [-0.3, -0.25) is 0 Å². The van der Waals surface area contributed by atoms with Gasteiger partial charge in [-0.15, -0.1) is 0 Å². The third-order valence-electron chi connectivity index (χ3n) is 2.62. The fourth-order valence-electron chi connectivity index (χ4n) is 1.72. The number of hydrogen-bond donors (Lipinski definition) is 0. The topological polar surface area (TPSA) is 23.8 Å². The quantitative estimate of drug-likeness (QED) is 0.740. The summed E-state index contributed by atoms with van der Waals surface area (Å²) in [5.41, 5.74) is 2.71. The summed E-state index contributed by atoms with van der Waals surface area (Å²) in [6, 6.07) is 19.7. The molecule has 18 heavy (non-hydrogen) atoms. The van der Waals surface area contributed by atoms with E-state index in [1.165, 1.54) is 0 Å². The molecule has 0 N–H and O–H groups in total. The van der Waals surface area contributed by atoms with E-state index in [0.717, 1.165) is 11.1 Å². The summed E-state index contributed by atoms with van der Waals surface area (Å²) >= 11 is 6.07. The molecule has 0 unspecified atom stereocenters. The van der Waals surface area contributed by atoms with Crippen molar-refractivity contribution in [3.63, 3.8) is 0 Å². The van der Waals surface area contributed by atoms with E-state index in [-0.39, 0.29) is 0 Å². The van der Waals surface area contributed by atoms with Crippen LogP contribution in [0.2, 0.25) is 5.02 Å². The minimum absolute atomic E-state index is 0.628. The van der Waals surface area contributed by atoms with Gasteiger partial charge in [0.2, 0.25) is 0 Å². The van der Waals surface area contributed by atoms with Gasteiger partial charge in [-0.25, -0.2) is 0 Å². The summed E-state index contributed by atoms with van der Waals surface area (Å²) in [5.74, 6) is 0. The minimum atomic E-state index is 0.628. The highest BCUT2D eigenvalue weighted by atomic mass is 35.5. The molecule has 0 atom stereocenters. The molecule has 0 saturated carbocycles. The van der Waals surface area contributed by atoms with Gasteiger partial charge in [-0.2, -0.15) is 5.26 Å². The second kappa shape index (κ2) is 6.05. The summed E-state index contributed by atoms with van der Waals surface area (Å²) in [7, 11) is 0. The second-order valence-corrected chi connectivity index (χ2v) is 4.37. The van der Waals surface area contributed by atoms with Crippen molar-refractivity contribution in [1.82, 2.24) is 0 Å². The monoisotopic (exact) mass is 253 g/mol. The lowest BCUT2D eigenvalue weighted by molar-refractivity contribution is 1.21. The predicted octanol–water partition coefficient (Wildman–Crippen LogP) is 4.49. The number of rotatable bonds is 3. The average Bonchev–Trinajstić information content (AvgIpc) is 2.41. The van der Waals surface area contributed by atoms with Crippen molar-refractivity contribution >= 4 is 17.7 Å². The molecule has 88 valence electrons. The highest BCUT2D eigenvalue weighted by Gasteiger charge is 2.01. The molecule has 0 amide bonds. The number of hydrogen-bond acceptors (Lipinski definition) is 1. The number of nitrogens with zero attached hydrogens (tertiary/aromatic N) is 1. The van der Waals surface area contributed by atoms with Crippen LogP contribution < -0.4 is 0 Å². The molecule has 1 nitrogen and oxygen atoms in total. The molecule has 0 aliphatic carbocycles. The van der Waals surface area contributed by atoms with Crippen LogP contribution in [0.25, 0.3) is 6.08 Å². The lowest BCUT2D eigenvalue weighted by Gasteiger charge is -2.01. The lowest BCUT2D eigenvalue weighted by atomic mass is 10.0. The molecule has 0 spiro atoms. The Balaban J connectivity index is 2.25. The van der Waals surface area contributed by atoms with Gasteiger partial charge in [0.05, 0.1) is 6.07 Å². The van der Waals surface area contributed by atoms with E-state index in [9.17, 15) is 5.26 Å². The van der Waals surface area contributed by atoms with E-state index in [0.29, 0.717) is 17.0 Å². The molecule has 2 heteroatoms. The van der Waals surface area contributed by atoms with Gasteiger partial charge in [0.15, 0.2) is 0 Å². The molecule has 2 aromatic carbocycles. The Kier molecular flexibility index (Phi) is 4.17. The maximum atomic E-state index is 9.18. The van der Waals surface area contributed by atoms with E-state index in [2.05, 4.69) is 6.07 Å². The standard InChI is InChI=1S/C16H12ClN/c17-16-9-5-4-8-15(16)11-14(12-18)10-13-6-2-1-3-7-13/h1-9,11H,10H2/b14-11-. The van der Waals surface area contributed by atoms with Crippen molar-refractivity contribution in [3.8, 4) is 6.07 Å². The molecule has 0 aliphatic rings. The predicted molar refractivity (Wildman–Crippen MR) is 75.2 cm³/mol. The zero-order valence-electron chi connectivity index (χ0n) is 9.81. The first-order chi connectivity index (χ1) is 8.79. The third-order valence-corrected chi connectivity index (χ3v) is 2.96. The Morgan fingerprint density at radius 1 is 1.06 bits per heavy atom. The van der Waals surface area contributed by atoms with Crippen LogP contribution in [0.1, 0.15) is 11.1 Å². The zero-order valence-corrected chi connectivity index (χ0v) is 10.6. The summed E-state index contributed by atoms with van der Waals surface area (Å²) in [5, 5.41) is 9.84. The third kappa shape index (κ3) is 3.23. The lowest BCUT2D eigenvalue weighted by Crippen LogP contribution is -1.88. The van der Waals surface area contributed by atoms with Crippen LogP contribution in [0.4, 0.5) is 0 Å². The SMILES string of the molecule is N#C/C(=C\c1ccccc1Cl)Cc1ccccc1. The van der Waals surface area contributed by atoms with Crippen LogP contribution in [0, 0.1) is 11.3 Å². The molecule has 0 aliphatic heterocycles. The van der Waals surface area contributed by atoms with Crippen molar-refractivity contribution in [1.29, 1.82) is 5.26 Å². The number of halogens is 1. The van der Waals surface area contributed by atoms with Crippen LogP contribution >= 0.6 is 11.6 Å². The Morgan fingerprint density at radius 3 is 2.39 bits per heavy atom. The van der Waals surface area contributed by atoms with Gasteiger partial charge in [0, 0.05) is 17.0 Å². The number of benzene rings is 2. The molecule has 0 aromatic heterocycles. The van der Waals surface area contributed by atoms with Crippen molar-refractivity contribution in [2.24, 2.45) is 0 Å². The fraction of sp³-hybridized carbons (Fsp3) is 0.0625. The van der Waals surface area contributed by atoms with Crippen molar-refractivity contribution < 1.29 is 0 Å². The smallest absolute Gasteiger partial charge is 0.0950 e. The van der Waals surface area contributed by atoms with Crippen molar-refractivity contribution in [2.75, 3.05) is 0 Å². The summed E-state index contributed by atoms with van der Waals surface area (Å²) < 4.78 is 0. The average molecular weight is 254 g/mol. The number of allylic oxidation sites excluding steroid dienone is 1. The molecular weight excluding hydrogens is 242 g/mol. The van der Waals surface area contributed by atoms with E-state index in [1.54, 1.807) is 0 Å². The highest BCUT2D eigenvalue weighted by Crippen LogP contribution is 2.19. The molecule has 2 rings (SSSR count). The molecule has 0 bridgehead atoms. The van der Waals surface area contributed by atoms with Gasteiger partial charge >= 0.3 is 0 Å². The van der Waals surface area contributed by atoms with Crippen LogP contribution in [0.3, 0.4) is 0 Å². The molecule has 2 aromatic rings. The molecule has 0 fully saturated rings. The van der Waals surface area contributed by atoms with Crippen LogP contribution in [0.15, 0.2) is 60.2 Å². The molecular formula is C16H12ClN. The summed E-state index contributed by atoms with van der Waals surface area (Å²) in [4.78, 5) is 0. The van der Waals surface area contributed by atoms with Crippen LogP contribution in [-0.2, 0) is 6.42 Å². The van der Waals surface area contributed by atoms with Gasteiger partial charge in [-0.05, 0) is 23.3 Å². The second-order valence-electron chi connectivity index (χ2n) is 3.97. The van der Waals surface area contributed by atoms with Gasteiger partial charge in [0.1, 0.15) is 0 Å². The number of nitriles is 1. The normalized spacial score (nSPS) is 11.0. The van der Waals surface area contributed by atoms with E-state index in [4.69, 9.17) is 11.6 Å². The zero-order chi connectivity index (χ0) is 12.8. The van der Waals surface area contributed by atoms with Gasteiger partial charge in [-0.1, -0.05) is 60.1 Å². The Morgan fingerprint density at radius 2 is 1.72 bits per heavy atom. The molecule has 0 radical (unpaired) electrons. The Bertz CT molecular complexity index is 594. The van der Waals surface area contributed by atoms with E-state index in [1.807, 2.05) is 60.7 Å². The van der Waals surface area contributed by atoms with E-state index >= 15 is 0 Å². The van der Waals surface area contributed by atoms with Gasteiger partial charge in [0.25, 0.3) is 0 Å². The Hall–Kier alpha value is -2.04. The maximum Gasteiger partial charge on any atom is 0.0950 e.